The number of aliphatic hydroxyl groups excluding tert-OH is 1. The number of aromatic nitrogens is 1. The number of aliphatic hydroxyl groups is 1. The molecular weight excluding hydrogens is 192 g/mol. The molecule has 1 heterocycles. The van der Waals surface area contributed by atoms with Crippen LogP contribution in [0.3, 0.4) is 0 Å². The van der Waals surface area contributed by atoms with E-state index >= 15 is 0 Å². The van der Waals surface area contributed by atoms with Gasteiger partial charge in [0.25, 0.3) is 5.15 Å². The van der Waals surface area contributed by atoms with Crippen LogP contribution in [0.4, 0.5) is 0 Å². The molecule has 0 unspecified atom stereocenters. The SMILES string of the molecule is N=C(CO)Cc1cccc(Cl)[n+]1[O-]. The summed E-state index contributed by atoms with van der Waals surface area (Å²) in [5, 5.41) is 27.1. The van der Waals surface area contributed by atoms with Crippen LogP contribution in [0.1, 0.15) is 5.69 Å². The van der Waals surface area contributed by atoms with Gasteiger partial charge in [0.15, 0.2) is 5.69 Å². The molecule has 4 nitrogen and oxygen atoms in total. The van der Waals surface area contributed by atoms with Gasteiger partial charge in [-0.05, 0) is 17.7 Å². The van der Waals surface area contributed by atoms with Crippen LogP contribution in [0.25, 0.3) is 0 Å². The third kappa shape index (κ3) is 2.40. The molecule has 0 radical (unpaired) electrons. The van der Waals surface area contributed by atoms with Crippen LogP contribution < -0.4 is 4.73 Å². The number of hydrogen-bond acceptors (Lipinski definition) is 3. The zero-order chi connectivity index (χ0) is 9.84. The smallest absolute Gasteiger partial charge is 0.286 e. The number of nitrogens with one attached hydrogen (secondary N) is 1. The van der Waals surface area contributed by atoms with E-state index in [1.807, 2.05) is 0 Å². The summed E-state index contributed by atoms with van der Waals surface area (Å²) in [5.41, 5.74) is 0.457. The lowest BCUT2D eigenvalue weighted by atomic mass is 10.2. The van der Waals surface area contributed by atoms with Crippen LogP contribution in [0.15, 0.2) is 18.2 Å². The Morgan fingerprint density at radius 2 is 2.31 bits per heavy atom. The van der Waals surface area contributed by atoms with Gasteiger partial charge >= 0.3 is 0 Å². The van der Waals surface area contributed by atoms with Crippen LogP contribution in [-0.2, 0) is 6.42 Å². The van der Waals surface area contributed by atoms with Crippen molar-refractivity contribution in [1.82, 2.24) is 0 Å². The van der Waals surface area contributed by atoms with Crippen LogP contribution in [0, 0.1) is 10.6 Å². The van der Waals surface area contributed by atoms with Gasteiger partial charge in [-0.25, -0.2) is 0 Å². The van der Waals surface area contributed by atoms with Crippen LogP contribution >= 0.6 is 11.6 Å². The molecule has 0 bridgehead atoms. The van der Waals surface area contributed by atoms with Gasteiger partial charge < -0.3 is 15.7 Å². The number of rotatable bonds is 3. The van der Waals surface area contributed by atoms with Crippen molar-refractivity contribution in [1.29, 1.82) is 5.41 Å². The topological polar surface area (TPSA) is 71.0 Å². The van der Waals surface area contributed by atoms with E-state index in [2.05, 4.69) is 0 Å². The Morgan fingerprint density at radius 1 is 1.62 bits per heavy atom. The van der Waals surface area contributed by atoms with Gasteiger partial charge in [0.2, 0.25) is 0 Å². The highest BCUT2D eigenvalue weighted by molar-refractivity contribution is 6.28. The molecule has 0 saturated heterocycles. The van der Waals surface area contributed by atoms with E-state index in [0.717, 1.165) is 0 Å². The molecule has 0 amide bonds. The molecular formula is C8H9ClN2O2. The summed E-state index contributed by atoms with van der Waals surface area (Å²) in [6, 6.07) is 4.68. The third-order valence-corrected chi connectivity index (χ3v) is 1.84. The Labute approximate surface area is 80.5 Å². The molecule has 5 heteroatoms. The van der Waals surface area contributed by atoms with Crippen molar-refractivity contribution in [3.8, 4) is 0 Å². The van der Waals surface area contributed by atoms with E-state index < -0.39 is 0 Å². The predicted molar refractivity (Wildman–Crippen MR) is 48.9 cm³/mol. The zero-order valence-electron chi connectivity index (χ0n) is 6.83. The quantitative estimate of drug-likeness (QED) is 0.323. The van der Waals surface area contributed by atoms with Crippen LogP contribution in [-0.4, -0.2) is 17.4 Å². The molecule has 2 N–H and O–H groups in total. The lowest BCUT2D eigenvalue weighted by molar-refractivity contribution is -0.610. The largest absolute Gasteiger partial charge is 0.617 e. The van der Waals surface area contributed by atoms with Gasteiger partial charge in [0.1, 0.15) is 0 Å². The fraction of sp³-hybridized carbons (Fsp3) is 0.250. The van der Waals surface area contributed by atoms with Gasteiger partial charge in [-0.2, -0.15) is 4.73 Å². The van der Waals surface area contributed by atoms with E-state index in [-0.39, 0.29) is 23.9 Å². The van der Waals surface area contributed by atoms with Gasteiger partial charge in [-0.1, -0.05) is 0 Å². The lowest BCUT2D eigenvalue weighted by Crippen LogP contribution is -2.34. The first-order valence-electron chi connectivity index (χ1n) is 3.69. The van der Waals surface area contributed by atoms with Gasteiger partial charge in [0, 0.05) is 17.8 Å². The van der Waals surface area contributed by atoms with E-state index in [4.69, 9.17) is 22.1 Å². The number of nitrogens with zero attached hydrogens (tertiary/aromatic N) is 1. The van der Waals surface area contributed by atoms with E-state index in [1.165, 1.54) is 6.07 Å². The summed E-state index contributed by atoms with van der Waals surface area (Å²) < 4.78 is 0.547. The zero-order valence-corrected chi connectivity index (χ0v) is 7.58. The summed E-state index contributed by atoms with van der Waals surface area (Å²) in [5.74, 6) is 0. The van der Waals surface area contributed by atoms with Gasteiger partial charge in [-0.15, -0.1) is 0 Å². The second-order valence-corrected chi connectivity index (χ2v) is 2.96. The number of hydrogen-bond donors (Lipinski definition) is 2. The molecule has 0 aliphatic carbocycles. The average molecular weight is 201 g/mol. The molecule has 0 saturated carbocycles. The number of pyridine rings is 1. The lowest BCUT2D eigenvalue weighted by Gasteiger charge is -2.04. The maximum Gasteiger partial charge on any atom is 0.286 e. The van der Waals surface area contributed by atoms with Crippen molar-refractivity contribution in [2.24, 2.45) is 0 Å². The standard InChI is InChI=1S/C8H9ClN2O2/c9-8-3-1-2-7(11(8)13)4-6(10)5-12/h1-3,10,12H,4-5H2. The van der Waals surface area contributed by atoms with Crippen molar-refractivity contribution in [2.45, 2.75) is 6.42 Å². The minimum absolute atomic E-state index is 0.0724. The highest BCUT2D eigenvalue weighted by atomic mass is 35.5. The molecule has 0 aliphatic heterocycles. The van der Waals surface area contributed by atoms with Crippen molar-refractivity contribution in [2.75, 3.05) is 6.61 Å². The molecule has 0 atom stereocenters. The highest BCUT2D eigenvalue weighted by Crippen LogP contribution is 2.03. The summed E-state index contributed by atoms with van der Waals surface area (Å²) in [7, 11) is 0. The minimum Gasteiger partial charge on any atom is -0.617 e. The van der Waals surface area contributed by atoms with Crippen molar-refractivity contribution >= 4 is 17.3 Å². The Balaban J connectivity index is 2.89. The highest BCUT2D eigenvalue weighted by Gasteiger charge is 2.10. The summed E-state index contributed by atoms with van der Waals surface area (Å²) in [6.45, 7) is -0.341. The summed E-state index contributed by atoms with van der Waals surface area (Å²) in [6.07, 6.45) is 0.126. The molecule has 1 rings (SSSR count). The Hall–Kier alpha value is -1.13. The molecule has 0 fully saturated rings. The maximum absolute atomic E-state index is 11.2. The molecule has 0 aliphatic rings. The molecule has 70 valence electrons. The van der Waals surface area contributed by atoms with E-state index in [9.17, 15) is 5.21 Å². The second kappa shape index (κ2) is 4.20. The molecule has 0 aromatic carbocycles. The molecule has 13 heavy (non-hydrogen) atoms. The molecule has 0 spiro atoms. The van der Waals surface area contributed by atoms with Crippen molar-refractivity contribution < 1.29 is 9.84 Å². The monoisotopic (exact) mass is 200 g/mol. The molecule has 1 aromatic rings. The van der Waals surface area contributed by atoms with Crippen LogP contribution in [0.2, 0.25) is 5.15 Å². The first-order valence-corrected chi connectivity index (χ1v) is 4.07. The fourth-order valence-corrected chi connectivity index (χ4v) is 1.10. The Bertz CT molecular complexity index is 328. The van der Waals surface area contributed by atoms with Crippen molar-refractivity contribution in [3.05, 3.63) is 34.3 Å². The van der Waals surface area contributed by atoms with E-state index in [0.29, 0.717) is 10.4 Å². The second-order valence-electron chi connectivity index (χ2n) is 2.57. The Morgan fingerprint density at radius 3 is 2.92 bits per heavy atom. The maximum atomic E-state index is 11.2. The predicted octanol–water partition coefficient (Wildman–Crippen LogP) is 0.528. The average Bonchev–Trinajstić information content (AvgIpc) is 2.13. The minimum atomic E-state index is -0.341. The number of halogens is 1. The van der Waals surface area contributed by atoms with E-state index in [1.54, 1.807) is 12.1 Å². The fourth-order valence-electron chi connectivity index (χ4n) is 0.916. The summed E-state index contributed by atoms with van der Waals surface area (Å²) in [4.78, 5) is 0. The Kier molecular flexibility index (Phi) is 3.22. The molecule has 1 aromatic heterocycles. The first-order chi connectivity index (χ1) is 6.15. The van der Waals surface area contributed by atoms with Gasteiger partial charge in [-0.3, -0.25) is 0 Å². The van der Waals surface area contributed by atoms with Crippen LogP contribution in [0.5, 0.6) is 0 Å². The van der Waals surface area contributed by atoms with Gasteiger partial charge in [0.05, 0.1) is 13.0 Å². The first kappa shape index (κ1) is 9.95. The third-order valence-electron chi connectivity index (χ3n) is 1.56. The van der Waals surface area contributed by atoms with Crippen molar-refractivity contribution in [3.63, 3.8) is 0 Å². The summed E-state index contributed by atoms with van der Waals surface area (Å²) >= 11 is 5.56. The normalized spacial score (nSPS) is 10.0.